The Morgan fingerprint density at radius 3 is 2.41 bits per heavy atom. The molecule has 0 saturated heterocycles. The monoisotopic (exact) mass is 522 g/mol. The zero-order chi connectivity index (χ0) is 24.6. The topological polar surface area (TPSA) is 66.5 Å². The minimum atomic E-state index is -4.12. The van der Waals surface area contributed by atoms with E-state index in [0.29, 0.717) is 17.1 Å². The lowest BCUT2D eigenvalue weighted by Crippen LogP contribution is -2.41. The first-order chi connectivity index (χ1) is 16.3. The predicted octanol–water partition coefficient (Wildman–Crippen LogP) is 4.93. The van der Waals surface area contributed by atoms with Gasteiger partial charge in [-0.25, -0.2) is 17.2 Å². The number of anilines is 1. The molecule has 0 spiro atoms. The Kier molecular flexibility index (Phi) is 9.37. The summed E-state index contributed by atoms with van der Waals surface area (Å²) in [6.45, 7) is -0.231. The smallest absolute Gasteiger partial charge is 0.264 e. The van der Waals surface area contributed by atoms with Crippen LogP contribution < -0.4 is 9.62 Å². The van der Waals surface area contributed by atoms with Crippen LogP contribution in [0.5, 0.6) is 0 Å². The van der Waals surface area contributed by atoms with Gasteiger partial charge in [0.2, 0.25) is 5.91 Å². The Balaban J connectivity index is 1.66. The molecule has 0 aromatic heterocycles. The zero-order valence-corrected chi connectivity index (χ0v) is 20.9. The average Bonchev–Trinajstić information content (AvgIpc) is 2.83. The van der Waals surface area contributed by atoms with Crippen LogP contribution in [0.15, 0.2) is 82.6 Å². The Labute approximate surface area is 207 Å². The van der Waals surface area contributed by atoms with E-state index in [-0.39, 0.29) is 22.9 Å². The van der Waals surface area contributed by atoms with Crippen molar-refractivity contribution in [2.24, 2.45) is 0 Å². The number of carbonyl (C=O) groups is 1. The lowest BCUT2D eigenvalue weighted by atomic mass is 10.2. The molecular weight excluding hydrogens is 498 g/mol. The van der Waals surface area contributed by atoms with Gasteiger partial charge in [0.25, 0.3) is 10.0 Å². The lowest BCUT2D eigenvalue weighted by molar-refractivity contribution is -0.119. The largest absolute Gasteiger partial charge is 0.354 e. The van der Waals surface area contributed by atoms with Gasteiger partial charge in [0.05, 0.1) is 10.6 Å². The third-order valence-corrected chi connectivity index (χ3v) is 8.35. The summed E-state index contributed by atoms with van der Waals surface area (Å²) in [6.07, 6.45) is 1.88. The Morgan fingerprint density at radius 1 is 1.00 bits per heavy atom. The number of sulfonamides is 1. The molecule has 0 bridgehead atoms. The van der Waals surface area contributed by atoms with Crippen LogP contribution in [-0.2, 0) is 20.6 Å². The van der Waals surface area contributed by atoms with E-state index in [1.54, 1.807) is 30.3 Å². The summed E-state index contributed by atoms with van der Waals surface area (Å²) in [5.41, 5.74) is 0.632. The van der Waals surface area contributed by atoms with Crippen LogP contribution in [0.3, 0.4) is 0 Å². The van der Waals surface area contributed by atoms with Crippen LogP contribution in [0.4, 0.5) is 14.5 Å². The maximum Gasteiger partial charge on any atom is 0.264 e. The molecule has 10 heteroatoms. The van der Waals surface area contributed by atoms with Gasteiger partial charge in [0, 0.05) is 22.9 Å². The van der Waals surface area contributed by atoms with E-state index in [2.05, 4.69) is 5.32 Å². The molecule has 1 amide bonds. The molecule has 0 saturated carbocycles. The number of thioether (sulfide) groups is 2. The number of amides is 1. The van der Waals surface area contributed by atoms with E-state index in [9.17, 15) is 22.0 Å². The predicted molar refractivity (Wildman–Crippen MR) is 135 cm³/mol. The number of hydrogen-bond acceptors (Lipinski definition) is 5. The summed E-state index contributed by atoms with van der Waals surface area (Å²) in [4.78, 5) is 13.5. The minimum Gasteiger partial charge on any atom is -0.354 e. The number of hydrogen-bond donors (Lipinski definition) is 1. The van der Waals surface area contributed by atoms with Crippen LogP contribution in [0.25, 0.3) is 0 Å². The molecule has 3 aromatic carbocycles. The normalized spacial score (nSPS) is 11.3. The number of benzene rings is 3. The van der Waals surface area contributed by atoms with Crippen molar-refractivity contribution in [3.8, 4) is 0 Å². The minimum absolute atomic E-state index is 0.00260. The van der Waals surface area contributed by atoms with E-state index >= 15 is 0 Å². The first kappa shape index (κ1) is 26.1. The molecule has 0 fully saturated rings. The molecular formula is C24H24F2N2O3S3. The van der Waals surface area contributed by atoms with Crippen LogP contribution >= 0.6 is 23.5 Å². The summed E-state index contributed by atoms with van der Waals surface area (Å²) >= 11 is 2.92. The van der Waals surface area contributed by atoms with Gasteiger partial charge in [-0.05, 0) is 60.4 Å². The first-order valence-corrected chi connectivity index (χ1v) is 14.1. The lowest BCUT2D eigenvalue weighted by Gasteiger charge is -2.24. The fourth-order valence-corrected chi connectivity index (χ4v) is 5.73. The third-order valence-electron chi connectivity index (χ3n) is 4.81. The molecule has 3 aromatic rings. The van der Waals surface area contributed by atoms with Crippen molar-refractivity contribution >= 4 is 45.1 Å². The highest BCUT2D eigenvalue weighted by molar-refractivity contribution is 7.98. The number of carbonyl (C=O) groups excluding carboxylic acids is 1. The van der Waals surface area contributed by atoms with Crippen molar-refractivity contribution < 1.29 is 22.0 Å². The van der Waals surface area contributed by atoms with Crippen molar-refractivity contribution in [3.05, 3.63) is 90.0 Å². The van der Waals surface area contributed by atoms with Crippen molar-refractivity contribution in [1.29, 1.82) is 0 Å². The zero-order valence-electron chi connectivity index (χ0n) is 18.4. The van der Waals surface area contributed by atoms with Crippen molar-refractivity contribution in [2.45, 2.75) is 15.5 Å². The van der Waals surface area contributed by atoms with E-state index in [4.69, 9.17) is 0 Å². The number of nitrogens with zero attached hydrogens (tertiary/aromatic N) is 1. The van der Waals surface area contributed by atoms with Gasteiger partial charge in [0.1, 0.15) is 18.2 Å². The van der Waals surface area contributed by atoms with Crippen LogP contribution in [0, 0.1) is 11.6 Å². The van der Waals surface area contributed by atoms with Gasteiger partial charge in [-0.3, -0.25) is 9.10 Å². The summed E-state index contributed by atoms with van der Waals surface area (Å²) in [5, 5.41) is 2.68. The Morgan fingerprint density at radius 2 is 1.74 bits per heavy atom. The van der Waals surface area contributed by atoms with Crippen molar-refractivity contribution in [2.75, 3.05) is 29.4 Å². The molecule has 3 rings (SSSR count). The standard InChI is InChI=1S/C24H24F2N2O3S3/c1-32-21-9-11-22(12-10-21)34(30,31)28(20-7-4-6-19(25)15-20)16-24(29)27-13-14-33-17-18-5-2-3-8-23(18)26/h2-12,15H,13-14,16-17H2,1H3,(H,27,29). The molecule has 1 N–H and O–H groups in total. The molecule has 34 heavy (non-hydrogen) atoms. The molecule has 0 aliphatic carbocycles. The Bertz CT molecular complexity index is 1220. The molecule has 0 aliphatic rings. The number of nitrogens with one attached hydrogen (secondary N) is 1. The highest BCUT2D eigenvalue weighted by Gasteiger charge is 2.27. The second-order valence-corrected chi connectivity index (χ2v) is 11.0. The highest BCUT2D eigenvalue weighted by Crippen LogP contribution is 2.26. The van der Waals surface area contributed by atoms with E-state index in [1.165, 1.54) is 59.9 Å². The maximum atomic E-state index is 13.9. The van der Waals surface area contributed by atoms with Gasteiger partial charge >= 0.3 is 0 Å². The van der Waals surface area contributed by atoms with E-state index in [0.717, 1.165) is 15.3 Å². The van der Waals surface area contributed by atoms with Gasteiger partial charge in [0.15, 0.2) is 0 Å². The third kappa shape index (κ3) is 6.97. The summed E-state index contributed by atoms with van der Waals surface area (Å²) in [7, 11) is -4.12. The fourth-order valence-electron chi connectivity index (χ4n) is 3.07. The molecule has 0 aliphatic heterocycles. The maximum absolute atomic E-state index is 13.9. The number of halogens is 2. The van der Waals surface area contributed by atoms with Gasteiger partial charge in [-0.2, -0.15) is 11.8 Å². The molecule has 0 heterocycles. The highest BCUT2D eigenvalue weighted by atomic mass is 32.2. The SMILES string of the molecule is CSc1ccc(S(=O)(=O)N(CC(=O)NCCSCc2ccccc2F)c2cccc(F)c2)cc1. The van der Waals surface area contributed by atoms with Crippen molar-refractivity contribution in [1.82, 2.24) is 5.32 Å². The van der Waals surface area contributed by atoms with Gasteiger partial charge in [-0.1, -0.05) is 24.3 Å². The number of rotatable bonds is 11. The molecule has 180 valence electrons. The van der Waals surface area contributed by atoms with Crippen LogP contribution in [-0.4, -0.2) is 39.4 Å². The Hall–Kier alpha value is -2.56. The average molecular weight is 523 g/mol. The molecule has 0 atom stereocenters. The molecule has 0 radical (unpaired) electrons. The molecule has 0 unspecified atom stereocenters. The summed E-state index contributed by atoms with van der Waals surface area (Å²) in [6, 6.07) is 17.9. The van der Waals surface area contributed by atoms with E-state index in [1.807, 2.05) is 6.26 Å². The second-order valence-electron chi connectivity index (χ2n) is 7.16. The quantitative estimate of drug-likeness (QED) is 0.286. The summed E-state index contributed by atoms with van der Waals surface area (Å²) in [5.74, 6) is -0.442. The summed E-state index contributed by atoms with van der Waals surface area (Å²) < 4.78 is 55.1. The van der Waals surface area contributed by atoms with E-state index < -0.39 is 28.3 Å². The second kappa shape index (κ2) is 12.2. The van der Waals surface area contributed by atoms with Crippen LogP contribution in [0.1, 0.15) is 5.56 Å². The molecule has 5 nitrogen and oxygen atoms in total. The van der Waals surface area contributed by atoms with Crippen LogP contribution in [0.2, 0.25) is 0 Å². The van der Waals surface area contributed by atoms with Crippen molar-refractivity contribution in [3.63, 3.8) is 0 Å². The fraction of sp³-hybridized carbons (Fsp3) is 0.208. The van der Waals surface area contributed by atoms with Gasteiger partial charge in [-0.15, -0.1) is 11.8 Å². The first-order valence-electron chi connectivity index (χ1n) is 10.3. The van der Waals surface area contributed by atoms with Gasteiger partial charge < -0.3 is 5.32 Å².